The van der Waals surface area contributed by atoms with Crippen molar-refractivity contribution in [2.24, 2.45) is 5.73 Å². The molecule has 0 aliphatic carbocycles. The molecule has 0 bridgehead atoms. The Balaban J connectivity index is 2.46. The van der Waals surface area contributed by atoms with E-state index in [2.05, 4.69) is 4.98 Å². The van der Waals surface area contributed by atoms with Gasteiger partial charge in [0.15, 0.2) is 5.75 Å². The lowest BCUT2D eigenvalue weighted by molar-refractivity contribution is -0.136. The van der Waals surface area contributed by atoms with Crippen LogP contribution in [0.15, 0.2) is 30.0 Å². The van der Waals surface area contributed by atoms with E-state index in [1.54, 1.807) is 0 Å². The normalized spacial score (nSPS) is 17.8. The molecule has 0 fully saturated rings. The van der Waals surface area contributed by atoms with Gasteiger partial charge in [-0.05, 0) is 12.1 Å². The van der Waals surface area contributed by atoms with Crippen LogP contribution in [0.1, 0.15) is 0 Å². The van der Waals surface area contributed by atoms with Gasteiger partial charge < -0.3 is 15.2 Å². The van der Waals surface area contributed by atoms with Gasteiger partial charge in [-0.2, -0.15) is 0 Å². The highest BCUT2D eigenvalue weighted by molar-refractivity contribution is 6.19. The van der Waals surface area contributed by atoms with Gasteiger partial charge in [-0.3, -0.25) is 4.79 Å². The van der Waals surface area contributed by atoms with Gasteiger partial charge in [0.2, 0.25) is 0 Å². The zero-order valence-corrected chi connectivity index (χ0v) is 8.38. The average Bonchev–Trinajstić information content (AvgIpc) is 2.26. The number of primary amides is 1. The highest BCUT2D eigenvalue weighted by Crippen LogP contribution is 2.25. The van der Waals surface area contributed by atoms with Crippen molar-refractivity contribution in [3.8, 4) is 11.6 Å². The van der Waals surface area contributed by atoms with Gasteiger partial charge in [-0.1, -0.05) is 0 Å². The first kappa shape index (κ1) is 10.8. The van der Waals surface area contributed by atoms with Gasteiger partial charge in [-0.15, -0.1) is 0 Å². The topological polar surface area (TPSA) is 109 Å². The third-order valence-corrected chi connectivity index (χ3v) is 1.88. The molecule has 0 aromatic carbocycles. The first-order valence-corrected chi connectivity index (χ1v) is 4.48. The van der Waals surface area contributed by atoms with E-state index in [-0.39, 0.29) is 11.6 Å². The number of carbonyl (C=O) groups is 3. The number of fused-ring (bicyclic) bond motifs is 1. The molecule has 17 heavy (non-hydrogen) atoms. The molecular weight excluding hydrogens is 228 g/mol. The summed E-state index contributed by atoms with van der Waals surface area (Å²) < 4.78 is 9.57. The number of esters is 2. The van der Waals surface area contributed by atoms with Gasteiger partial charge in [0.1, 0.15) is 5.57 Å². The third kappa shape index (κ3) is 2.12. The minimum atomic E-state index is -1.08. The van der Waals surface area contributed by atoms with E-state index in [1.807, 2.05) is 0 Å². The number of hydrogen-bond acceptors (Lipinski definition) is 6. The molecule has 0 saturated heterocycles. The van der Waals surface area contributed by atoms with Crippen molar-refractivity contribution in [1.29, 1.82) is 0 Å². The Morgan fingerprint density at radius 3 is 2.76 bits per heavy atom. The lowest BCUT2D eigenvalue weighted by Crippen LogP contribution is -2.27. The average molecular weight is 234 g/mol. The fraction of sp³-hybridized carbons (Fsp3) is 0. The highest BCUT2D eigenvalue weighted by atomic mass is 16.6. The van der Waals surface area contributed by atoms with Crippen LogP contribution >= 0.6 is 0 Å². The number of nitrogens with zero attached hydrogens (tertiary/aromatic N) is 1. The van der Waals surface area contributed by atoms with Gasteiger partial charge in [0, 0.05) is 12.3 Å². The fourth-order valence-corrected chi connectivity index (χ4v) is 1.16. The molecule has 1 aliphatic rings. The Labute approximate surface area is 94.8 Å². The van der Waals surface area contributed by atoms with E-state index in [0.29, 0.717) is 6.08 Å². The van der Waals surface area contributed by atoms with Crippen molar-refractivity contribution in [3.63, 3.8) is 0 Å². The number of hydrogen-bond donors (Lipinski definition) is 1. The Morgan fingerprint density at radius 2 is 2.06 bits per heavy atom. The van der Waals surface area contributed by atoms with E-state index in [9.17, 15) is 14.4 Å². The smallest absolute Gasteiger partial charge is 0.350 e. The second-order valence-electron chi connectivity index (χ2n) is 3.04. The summed E-state index contributed by atoms with van der Waals surface area (Å²) in [6.45, 7) is 0. The van der Waals surface area contributed by atoms with E-state index >= 15 is 0 Å². The minimum Gasteiger partial charge on any atom is -0.418 e. The maximum Gasteiger partial charge on any atom is 0.350 e. The largest absolute Gasteiger partial charge is 0.418 e. The lowest BCUT2D eigenvalue weighted by atomic mass is 10.2. The van der Waals surface area contributed by atoms with E-state index in [0.717, 1.165) is 0 Å². The molecule has 0 spiro atoms. The lowest BCUT2D eigenvalue weighted by Gasteiger charge is -2.11. The maximum atomic E-state index is 11.5. The second-order valence-corrected chi connectivity index (χ2v) is 3.04. The zero-order valence-electron chi connectivity index (χ0n) is 8.38. The predicted molar refractivity (Wildman–Crippen MR) is 52.8 cm³/mol. The highest BCUT2D eigenvalue weighted by Gasteiger charge is 2.25. The van der Waals surface area contributed by atoms with E-state index in [4.69, 9.17) is 15.2 Å². The molecule has 0 unspecified atom stereocenters. The fourth-order valence-electron chi connectivity index (χ4n) is 1.16. The molecule has 1 aromatic heterocycles. The minimum absolute atomic E-state index is 0.00868. The van der Waals surface area contributed by atoms with Crippen molar-refractivity contribution in [1.82, 2.24) is 4.98 Å². The molecule has 1 aliphatic heterocycles. The van der Waals surface area contributed by atoms with Gasteiger partial charge in [0.25, 0.3) is 11.8 Å². The number of aromatic nitrogens is 1. The van der Waals surface area contributed by atoms with E-state index < -0.39 is 23.4 Å². The molecule has 1 amide bonds. The van der Waals surface area contributed by atoms with Gasteiger partial charge in [0.05, 0.1) is 0 Å². The molecule has 1 aromatic rings. The SMILES string of the molecule is NC(=O)/C1=C/C(=O)Oc2cccnc2OC1=O. The van der Waals surface area contributed by atoms with Gasteiger partial charge in [-0.25, -0.2) is 14.6 Å². The first-order valence-electron chi connectivity index (χ1n) is 4.48. The van der Waals surface area contributed by atoms with Crippen molar-refractivity contribution in [2.45, 2.75) is 0 Å². The summed E-state index contributed by atoms with van der Waals surface area (Å²) >= 11 is 0. The number of carbonyl (C=O) groups excluding carboxylic acids is 3. The van der Waals surface area contributed by atoms with Crippen LogP contribution < -0.4 is 15.2 Å². The Kier molecular flexibility index (Phi) is 2.57. The Bertz CT molecular complexity index is 549. The van der Waals surface area contributed by atoms with Crippen LogP contribution in [0.2, 0.25) is 0 Å². The maximum absolute atomic E-state index is 11.5. The number of ether oxygens (including phenoxy) is 2. The van der Waals surface area contributed by atoms with Crippen LogP contribution in [0.25, 0.3) is 0 Å². The zero-order chi connectivity index (χ0) is 12.4. The number of rotatable bonds is 1. The second kappa shape index (κ2) is 4.05. The Morgan fingerprint density at radius 1 is 1.29 bits per heavy atom. The van der Waals surface area contributed by atoms with Crippen LogP contribution in [0.3, 0.4) is 0 Å². The summed E-state index contributed by atoms with van der Waals surface area (Å²) in [7, 11) is 0. The Hall–Kier alpha value is -2.70. The molecule has 2 rings (SSSR count). The summed E-state index contributed by atoms with van der Waals surface area (Å²) in [6, 6.07) is 2.90. The van der Waals surface area contributed by atoms with E-state index in [1.165, 1.54) is 18.3 Å². The standard InChI is InChI=1S/C10H6N2O5/c11-8(14)5-4-7(13)16-6-2-1-3-12-9(6)17-10(5)15/h1-4H,(H2,11,14)/b5-4-. The number of amides is 1. The van der Waals surface area contributed by atoms with Crippen LogP contribution in [0, 0.1) is 0 Å². The van der Waals surface area contributed by atoms with Crippen LogP contribution in [-0.4, -0.2) is 22.8 Å². The first-order chi connectivity index (χ1) is 8.08. The molecule has 86 valence electrons. The summed E-state index contributed by atoms with van der Waals surface area (Å²) in [6.07, 6.45) is 2.02. The molecule has 0 atom stereocenters. The molecule has 7 heteroatoms. The third-order valence-electron chi connectivity index (χ3n) is 1.88. The molecule has 2 heterocycles. The summed E-state index contributed by atoms with van der Waals surface area (Å²) in [4.78, 5) is 37.4. The van der Waals surface area contributed by atoms with Gasteiger partial charge >= 0.3 is 11.9 Å². The summed E-state index contributed by atoms with van der Waals surface area (Å²) in [5, 5.41) is 0. The number of pyridine rings is 1. The van der Waals surface area contributed by atoms with Crippen molar-refractivity contribution < 1.29 is 23.9 Å². The number of nitrogens with two attached hydrogens (primary N) is 1. The van der Waals surface area contributed by atoms with Crippen LogP contribution in [0.4, 0.5) is 0 Å². The summed E-state index contributed by atoms with van der Waals surface area (Å²) in [5.41, 5.74) is 4.33. The summed E-state index contributed by atoms with van der Waals surface area (Å²) in [5.74, 6) is -3.23. The molecule has 2 N–H and O–H groups in total. The van der Waals surface area contributed by atoms with Crippen LogP contribution in [-0.2, 0) is 14.4 Å². The molecular formula is C10H6N2O5. The predicted octanol–water partition coefficient (Wildman–Crippen LogP) is -0.682. The van der Waals surface area contributed by atoms with Crippen molar-refractivity contribution in [2.75, 3.05) is 0 Å². The van der Waals surface area contributed by atoms with Crippen molar-refractivity contribution >= 4 is 17.8 Å². The van der Waals surface area contributed by atoms with Crippen LogP contribution in [0.5, 0.6) is 11.6 Å². The molecule has 0 radical (unpaired) electrons. The van der Waals surface area contributed by atoms with Crippen molar-refractivity contribution in [3.05, 3.63) is 30.0 Å². The molecule has 7 nitrogen and oxygen atoms in total. The quantitative estimate of drug-likeness (QED) is 0.509. The monoisotopic (exact) mass is 234 g/mol. The molecule has 0 saturated carbocycles.